The van der Waals surface area contributed by atoms with Gasteiger partial charge in [0.05, 0.1) is 12.9 Å². The fraction of sp³-hybridized carbons (Fsp3) is 0.393. The number of piperidine rings is 1. The van der Waals surface area contributed by atoms with E-state index in [2.05, 4.69) is 40.5 Å². The normalized spacial score (nSPS) is 15.7. The monoisotopic (exact) mass is 446 g/mol. The fourth-order valence-electron chi connectivity index (χ4n) is 4.66. The molecule has 3 aromatic rings. The lowest BCUT2D eigenvalue weighted by molar-refractivity contribution is -0.117. The Morgan fingerprint density at radius 3 is 2.64 bits per heavy atom. The maximum Gasteiger partial charge on any atom is 0.244 e. The number of benzene rings is 2. The minimum absolute atomic E-state index is 0.0434. The van der Waals surface area contributed by atoms with Crippen LogP contribution in [-0.2, 0) is 11.3 Å². The Kier molecular flexibility index (Phi) is 7.19. The van der Waals surface area contributed by atoms with Crippen molar-refractivity contribution in [1.82, 2.24) is 10.2 Å². The van der Waals surface area contributed by atoms with Gasteiger partial charge in [-0.25, -0.2) is 0 Å². The molecule has 5 heteroatoms. The number of furan rings is 1. The van der Waals surface area contributed by atoms with Crippen LogP contribution in [0, 0.1) is 13.8 Å². The third-order valence-corrected chi connectivity index (χ3v) is 6.48. The van der Waals surface area contributed by atoms with Crippen LogP contribution in [0.15, 0.2) is 53.2 Å². The number of rotatable bonds is 7. The molecule has 2 heterocycles. The predicted molar refractivity (Wildman–Crippen MR) is 133 cm³/mol. The number of aryl methyl sites for hydroxylation is 2. The van der Waals surface area contributed by atoms with Gasteiger partial charge in [0.1, 0.15) is 11.3 Å². The molecule has 0 spiro atoms. The third kappa shape index (κ3) is 5.31. The Bertz CT molecular complexity index is 1140. The first-order chi connectivity index (χ1) is 16.0. The van der Waals surface area contributed by atoms with Crippen molar-refractivity contribution in [3.63, 3.8) is 0 Å². The molecule has 0 saturated carbocycles. The Morgan fingerprint density at radius 2 is 1.94 bits per heavy atom. The number of amides is 1. The van der Waals surface area contributed by atoms with Crippen molar-refractivity contribution in [2.45, 2.75) is 53.1 Å². The first kappa shape index (κ1) is 23.1. The number of nitrogens with one attached hydrogen (secondary N) is 1. The van der Waals surface area contributed by atoms with Crippen molar-refractivity contribution in [3.05, 3.63) is 71.0 Å². The highest BCUT2D eigenvalue weighted by molar-refractivity contribution is 5.98. The van der Waals surface area contributed by atoms with Crippen molar-refractivity contribution >= 4 is 22.4 Å². The first-order valence-corrected chi connectivity index (χ1v) is 11.9. The molecule has 1 aliphatic heterocycles. The molecule has 33 heavy (non-hydrogen) atoms. The summed E-state index contributed by atoms with van der Waals surface area (Å²) < 4.78 is 11.7. The number of nitrogens with zero attached hydrogens (tertiary/aromatic N) is 1. The van der Waals surface area contributed by atoms with Crippen LogP contribution < -0.4 is 10.1 Å². The summed E-state index contributed by atoms with van der Waals surface area (Å²) >= 11 is 0. The zero-order chi connectivity index (χ0) is 23.4. The van der Waals surface area contributed by atoms with Gasteiger partial charge < -0.3 is 14.5 Å². The SMILES string of the molecule is CCOc1c(/C(C)=C/C(=O)NC2CCN(Cc3ccccc3)CC2)cc2c(C)coc2c1C. The van der Waals surface area contributed by atoms with E-state index < -0.39 is 0 Å². The van der Waals surface area contributed by atoms with Crippen LogP contribution in [0.1, 0.15) is 48.9 Å². The van der Waals surface area contributed by atoms with Gasteiger partial charge >= 0.3 is 0 Å². The molecule has 5 nitrogen and oxygen atoms in total. The van der Waals surface area contributed by atoms with Crippen LogP contribution in [0.3, 0.4) is 0 Å². The molecule has 1 amide bonds. The van der Waals surface area contributed by atoms with Gasteiger partial charge in [0.15, 0.2) is 0 Å². The zero-order valence-corrected chi connectivity index (χ0v) is 20.1. The standard InChI is InChI=1S/C28H34N2O3/c1-5-32-27-21(4)28-25(20(3)18-33-28)16-24(27)19(2)15-26(31)29-23-11-13-30(14-12-23)17-22-9-7-6-8-10-22/h6-10,15-16,18,23H,5,11-14,17H2,1-4H3,(H,29,31)/b19-15+. The number of likely N-dealkylation sites (tertiary alicyclic amines) is 1. The van der Waals surface area contributed by atoms with Gasteiger partial charge in [-0.2, -0.15) is 0 Å². The fourth-order valence-corrected chi connectivity index (χ4v) is 4.66. The maximum absolute atomic E-state index is 12.8. The number of hydrogen-bond acceptors (Lipinski definition) is 4. The number of hydrogen-bond donors (Lipinski definition) is 1. The summed E-state index contributed by atoms with van der Waals surface area (Å²) in [5.41, 5.74) is 6.07. The van der Waals surface area contributed by atoms with Crippen molar-refractivity contribution in [3.8, 4) is 5.75 Å². The van der Waals surface area contributed by atoms with E-state index in [4.69, 9.17) is 9.15 Å². The van der Waals surface area contributed by atoms with E-state index in [0.29, 0.717) is 6.61 Å². The summed E-state index contributed by atoms with van der Waals surface area (Å²) in [5, 5.41) is 4.27. The molecule has 1 N–H and O–H groups in total. The van der Waals surface area contributed by atoms with Gasteiger partial charge in [-0.05, 0) is 63.3 Å². The molecule has 4 rings (SSSR count). The van der Waals surface area contributed by atoms with Gasteiger partial charge in [0, 0.05) is 48.3 Å². The second-order valence-corrected chi connectivity index (χ2v) is 8.98. The number of fused-ring (bicyclic) bond motifs is 1. The van der Waals surface area contributed by atoms with Gasteiger partial charge in [0.25, 0.3) is 0 Å². The Labute approximate surface area is 196 Å². The molecular weight excluding hydrogens is 412 g/mol. The maximum atomic E-state index is 12.8. The van der Waals surface area contributed by atoms with Crippen LogP contribution in [0.25, 0.3) is 16.5 Å². The number of ether oxygens (including phenoxy) is 1. The van der Waals surface area contributed by atoms with Crippen LogP contribution in [-0.4, -0.2) is 36.5 Å². The average molecular weight is 447 g/mol. The van der Waals surface area contributed by atoms with Crippen LogP contribution in [0.5, 0.6) is 5.75 Å². The topological polar surface area (TPSA) is 54.7 Å². The Hall–Kier alpha value is -3.05. The molecule has 174 valence electrons. The summed E-state index contributed by atoms with van der Waals surface area (Å²) in [7, 11) is 0. The molecule has 1 aromatic heterocycles. The molecule has 0 aliphatic carbocycles. The third-order valence-electron chi connectivity index (χ3n) is 6.48. The lowest BCUT2D eigenvalue weighted by Gasteiger charge is -2.32. The number of carbonyl (C=O) groups is 1. The Balaban J connectivity index is 1.42. The molecule has 1 saturated heterocycles. The lowest BCUT2D eigenvalue weighted by Crippen LogP contribution is -2.43. The second-order valence-electron chi connectivity index (χ2n) is 8.98. The Morgan fingerprint density at radius 1 is 1.21 bits per heavy atom. The molecule has 0 radical (unpaired) electrons. The largest absolute Gasteiger partial charge is 0.493 e. The minimum atomic E-state index is -0.0434. The van der Waals surface area contributed by atoms with E-state index in [1.807, 2.05) is 33.8 Å². The van der Waals surface area contributed by atoms with E-state index in [1.165, 1.54) is 5.56 Å². The highest BCUT2D eigenvalue weighted by Gasteiger charge is 2.21. The summed E-state index contributed by atoms with van der Waals surface area (Å²) in [6.45, 7) is 11.5. The number of carbonyl (C=O) groups excluding carboxylic acids is 1. The van der Waals surface area contributed by atoms with Crippen molar-refractivity contribution in [2.75, 3.05) is 19.7 Å². The number of allylic oxidation sites excluding steroid dienone is 1. The summed E-state index contributed by atoms with van der Waals surface area (Å²) in [4.78, 5) is 15.3. The van der Waals surface area contributed by atoms with Gasteiger partial charge in [-0.3, -0.25) is 9.69 Å². The van der Waals surface area contributed by atoms with E-state index >= 15 is 0 Å². The molecule has 0 unspecified atom stereocenters. The van der Waals surface area contributed by atoms with Crippen LogP contribution in [0.4, 0.5) is 0 Å². The van der Waals surface area contributed by atoms with Crippen LogP contribution in [0.2, 0.25) is 0 Å². The van der Waals surface area contributed by atoms with Gasteiger partial charge in [-0.1, -0.05) is 30.3 Å². The van der Waals surface area contributed by atoms with Crippen molar-refractivity contribution in [2.24, 2.45) is 0 Å². The van der Waals surface area contributed by atoms with Crippen molar-refractivity contribution < 1.29 is 13.9 Å². The quantitative estimate of drug-likeness (QED) is 0.478. The molecule has 2 aromatic carbocycles. The summed E-state index contributed by atoms with van der Waals surface area (Å²) in [6.07, 6.45) is 5.41. The van der Waals surface area contributed by atoms with E-state index in [-0.39, 0.29) is 11.9 Å². The average Bonchev–Trinajstić information content (AvgIpc) is 3.18. The van der Waals surface area contributed by atoms with Crippen molar-refractivity contribution in [1.29, 1.82) is 0 Å². The predicted octanol–water partition coefficient (Wildman–Crippen LogP) is 5.63. The summed E-state index contributed by atoms with van der Waals surface area (Å²) in [5.74, 6) is 0.744. The zero-order valence-electron chi connectivity index (χ0n) is 20.1. The molecule has 0 atom stereocenters. The first-order valence-electron chi connectivity index (χ1n) is 11.9. The molecular formula is C28H34N2O3. The second kappa shape index (κ2) is 10.3. The highest BCUT2D eigenvalue weighted by atomic mass is 16.5. The van der Waals surface area contributed by atoms with E-state index in [9.17, 15) is 4.79 Å². The summed E-state index contributed by atoms with van der Waals surface area (Å²) in [6, 6.07) is 12.8. The molecule has 1 fully saturated rings. The van der Waals surface area contributed by atoms with Gasteiger partial charge in [-0.15, -0.1) is 0 Å². The lowest BCUT2D eigenvalue weighted by atomic mass is 9.98. The van der Waals surface area contributed by atoms with Crippen LogP contribution >= 0.6 is 0 Å². The van der Waals surface area contributed by atoms with E-state index in [1.54, 1.807) is 12.3 Å². The highest BCUT2D eigenvalue weighted by Crippen LogP contribution is 2.37. The molecule has 1 aliphatic rings. The van der Waals surface area contributed by atoms with Gasteiger partial charge in [0.2, 0.25) is 5.91 Å². The molecule has 0 bridgehead atoms. The smallest absolute Gasteiger partial charge is 0.244 e. The van der Waals surface area contributed by atoms with E-state index in [0.717, 1.165) is 71.5 Å². The minimum Gasteiger partial charge on any atom is -0.493 e.